The maximum Gasteiger partial charge on any atom is 0.339 e. The molecule has 0 radical (unpaired) electrons. The largest absolute Gasteiger partial charge is 0.462 e. The summed E-state index contributed by atoms with van der Waals surface area (Å²) in [7, 11) is 0. The number of aromatic nitrogens is 2. The van der Waals surface area contributed by atoms with E-state index < -0.39 is 0 Å². The Morgan fingerprint density at radius 3 is 2.48 bits per heavy atom. The molecule has 0 saturated carbocycles. The van der Waals surface area contributed by atoms with Gasteiger partial charge in [0.05, 0.1) is 17.7 Å². The van der Waals surface area contributed by atoms with Crippen molar-refractivity contribution in [3.05, 3.63) is 72.7 Å². The lowest BCUT2D eigenvalue weighted by molar-refractivity contribution is 0.0526. The van der Waals surface area contributed by atoms with Crippen molar-refractivity contribution >= 4 is 16.9 Å². The van der Waals surface area contributed by atoms with Gasteiger partial charge < -0.3 is 4.74 Å². The minimum absolute atomic E-state index is 0.323. The first-order valence-corrected chi connectivity index (χ1v) is 6.68. The van der Waals surface area contributed by atoms with Crippen LogP contribution in [0.25, 0.3) is 10.9 Å². The summed E-state index contributed by atoms with van der Waals surface area (Å²) in [4.78, 5) is 19.4. The second-order valence-corrected chi connectivity index (χ2v) is 4.16. The van der Waals surface area contributed by atoms with Gasteiger partial charge in [-0.25, -0.2) is 4.79 Å². The van der Waals surface area contributed by atoms with Gasteiger partial charge >= 0.3 is 5.97 Å². The molecule has 2 aromatic heterocycles. The molecule has 4 nitrogen and oxygen atoms in total. The first-order chi connectivity index (χ1) is 10.3. The molecule has 0 atom stereocenters. The molecule has 0 aliphatic rings. The summed E-state index contributed by atoms with van der Waals surface area (Å²) in [5.41, 5.74) is 1.38. The molecule has 1 aromatic carbocycles. The molecule has 0 fully saturated rings. The Labute approximate surface area is 123 Å². The van der Waals surface area contributed by atoms with Gasteiger partial charge in [-0.15, -0.1) is 0 Å². The summed E-state index contributed by atoms with van der Waals surface area (Å²) in [6.07, 6.45) is 5.04. The maximum atomic E-state index is 11.4. The average molecular weight is 280 g/mol. The van der Waals surface area contributed by atoms with Crippen LogP contribution in [-0.4, -0.2) is 22.5 Å². The number of esters is 1. The monoisotopic (exact) mass is 280 g/mol. The molecule has 106 valence electrons. The van der Waals surface area contributed by atoms with Gasteiger partial charge in [-0.2, -0.15) is 0 Å². The third-order valence-electron chi connectivity index (χ3n) is 2.67. The van der Waals surface area contributed by atoms with E-state index in [0.717, 1.165) is 10.9 Å². The molecule has 0 spiro atoms. The molecule has 0 amide bonds. The van der Waals surface area contributed by atoms with Gasteiger partial charge in [0.25, 0.3) is 0 Å². The van der Waals surface area contributed by atoms with Gasteiger partial charge in [0.2, 0.25) is 0 Å². The minimum Gasteiger partial charge on any atom is -0.462 e. The van der Waals surface area contributed by atoms with E-state index in [9.17, 15) is 4.79 Å². The zero-order chi connectivity index (χ0) is 14.9. The Kier molecular flexibility index (Phi) is 5.41. The Morgan fingerprint density at radius 2 is 1.86 bits per heavy atom. The van der Waals surface area contributed by atoms with E-state index in [1.807, 2.05) is 42.5 Å². The average Bonchev–Trinajstić information content (AvgIpc) is 2.57. The number of carbonyl (C=O) groups is 1. The second kappa shape index (κ2) is 7.75. The van der Waals surface area contributed by atoms with Crippen molar-refractivity contribution in [3.63, 3.8) is 0 Å². The molecule has 21 heavy (non-hydrogen) atoms. The molecule has 3 rings (SSSR count). The molecule has 4 heteroatoms. The van der Waals surface area contributed by atoms with E-state index in [2.05, 4.69) is 9.97 Å². The fraction of sp³-hybridized carbons (Fsp3) is 0.118. The third kappa shape index (κ3) is 4.38. The third-order valence-corrected chi connectivity index (χ3v) is 2.67. The van der Waals surface area contributed by atoms with E-state index in [1.165, 1.54) is 0 Å². The summed E-state index contributed by atoms with van der Waals surface area (Å²) in [5.74, 6) is -0.323. The Morgan fingerprint density at radius 1 is 1.10 bits per heavy atom. The van der Waals surface area contributed by atoms with Gasteiger partial charge in [-0.3, -0.25) is 9.97 Å². The molecular weight excluding hydrogens is 264 g/mol. The predicted octanol–water partition coefficient (Wildman–Crippen LogP) is 3.49. The van der Waals surface area contributed by atoms with Gasteiger partial charge in [-0.05, 0) is 31.2 Å². The van der Waals surface area contributed by atoms with Gasteiger partial charge in [0.15, 0.2) is 0 Å². The highest BCUT2D eigenvalue weighted by Gasteiger charge is 2.06. The van der Waals surface area contributed by atoms with Crippen LogP contribution in [0.5, 0.6) is 0 Å². The van der Waals surface area contributed by atoms with E-state index in [-0.39, 0.29) is 5.97 Å². The number of hydrogen-bond donors (Lipinski definition) is 0. The molecule has 3 aromatic rings. The highest BCUT2D eigenvalue weighted by molar-refractivity contribution is 5.93. The minimum atomic E-state index is -0.323. The smallest absolute Gasteiger partial charge is 0.339 e. The number of ether oxygens (including phenoxy) is 1. The van der Waals surface area contributed by atoms with Crippen LogP contribution in [0.15, 0.2) is 67.1 Å². The number of hydrogen-bond acceptors (Lipinski definition) is 4. The summed E-state index contributed by atoms with van der Waals surface area (Å²) in [6, 6.07) is 15.2. The van der Waals surface area contributed by atoms with Crippen LogP contribution in [0.3, 0.4) is 0 Å². The Hall–Kier alpha value is -2.75. The van der Waals surface area contributed by atoms with Crippen LogP contribution in [0, 0.1) is 0 Å². The number of fused-ring (bicyclic) bond motifs is 1. The van der Waals surface area contributed by atoms with E-state index in [4.69, 9.17) is 4.74 Å². The van der Waals surface area contributed by atoms with Crippen LogP contribution in [0.2, 0.25) is 0 Å². The molecular formula is C17H16N2O2. The molecule has 0 bridgehead atoms. The molecule has 0 N–H and O–H groups in total. The normalized spacial score (nSPS) is 9.57. The van der Waals surface area contributed by atoms with Crippen molar-refractivity contribution < 1.29 is 9.53 Å². The van der Waals surface area contributed by atoms with Crippen molar-refractivity contribution in [2.45, 2.75) is 6.92 Å². The van der Waals surface area contributed by atoms with Crippen molar-refractivity contribution in [2.75, 3.05) is 6.61 Å². The number of rotatable bonds is 2. The fourth-order valence-electron chi connectivity index (χ4n) is 1.71. The van der Waals surface area contributed by atoms with Gasteiger partial charge in [-0.1, -0.05) is 24.3 Å². The first kappa shape index (κ1) is 14.7. The lowest BCUT2D eigenvalue weighted by atomic mass is 10.1. The zero-order valence-corrected chi connectivity index (χ0v) is 11.8. The highest BCUT2D eigenvalue weighted by Crippen LogP contribution is 2.13. The number of para-hydroxylation sites is 1. The number of carbonyl (C=O) groups excluding carboxylic acids is 1. The topological polar surface area (TPSA) is 52.1 Å². The second-order valence-electron chi connectivity index (χ2n) is 4.16. The maximum absolute atomic E-state index is 11.4. The first-order valence-electron chi connectivity index (χ1n) is 6.68. The standard InChI is InChI=1S/C12H11NO2.C5H5N/c1-2-15-12(14)10-7-9-5-3-4-6-11(9)13-8-10;1-2-4-6-5-3-1/h3-8H,2H2,1H3;1-5H. The predicted molar refractivity (Wildman–Crippen MR) is 81.9 cm³/mol. The van der Waals surface area contributed by atoms with Gasteiger partial charge in [0.1, 0.15) is 0 Å². The highest BCUT2D eigenvalue weighted by atomic mass is 16.5. The number of pyridine rings is 2. The number of benzene rings is 1. The van der Waals surface area contributed by atoms with Crippen LogP contribution in [-0.2, 0) is 4.74 Å². The van der Waals surface area contributed by atoms with Gasteiger partial charge in [0, 0.05) is 24.0 Å². The summed E-state index contributed by atoms with van der Waals surface area (Å²) in [6.45, 7) is 2.16. The van der Waals surface area contributed by atoms with Crippen LogP contribution < -0.4 is 0 Å². The molecule has 0 aliphatic heterocycles. The summed E-state index contributed by atoms with van der Waals surface area (Å²) in [5, 5.41) is 0.947. The van der Waals surface area contributed by atoms with Crippen molar-refractivity contribution in [1.82, 2.24) is 9.97 Å². The van der Waals surface area contributed by atoms with E-state index in [0.29, 0.717) is 12.2 Å². The Bertz CT molecular complexity index is 673. The van der Waals surface area contributed by atoms with Crippen LogP contribution in [0.4, 0.5) is 0 Å². The van der Waals surface area contributed by atoms with Crippen molar-refractivity contribution in [3.8, 4) is 0 Å². The molecule has 0 unspecified atom stereocenters. The Balaban J connectivity index is 0.000000225. The lowest BCUT2D eigenvalue weighted by Gasteiger charge is -2.02. The lowest BCUT2D eigenvalue weighted by Crippen LogP contribution is -2.04. The number of nitrogens with zero attached hydrogens (tertiary/aromatic N) is 2. The van der Waals surface area contributed by atoms with E-state index in [1.54, 1.807) is 31.6 Å². The SMILES string of the molecule is CCOC(=O)c1cnc2ccccc2c1.c1ccncc1. The quantitative estimate of drug-likeness (QED) is 0.674. The van der Waals surface area contributed by atoms with E-state index >= 15 is 0 Å². The zero-order valence-electron chi connectivity index (χ0n) is 11.8. The van der Waals surface area contributed by atoms with Crippen molar-refractivity contribution in [2.24, 2.45) is 0 Å². The fourth-order valence-corrected chi connectivity index (χ4v) is 1.71. The molecule has 2 heterocycles. The summed E-state index contributed by atoms with van der Waals surface area (Å²) < 4.78 is 4.90. The molecule has 0 aliphatic carbocycles. The van der Waals surface area contributed by atoms with Crippen LogP contribution in [0.1, 0.15) is 17.3 Å². The van der Waals surface area contributed by atoms with Crippen LogP contribution >= 0.6 is 0 Å². The molecule has 0 saturated heterocycles. The van der Waals surface area contributed by atoms with Crippen molar-refractivity contribution in [1.29, 1.82) is 0 Å². The summed E-state index contributed by atoms with van der Waals surface area (Å²) >= 11 is 0.